The average molecular weight is 322 g/mol. The molecule has 0 unspecified atom stereocenters. The summed E-state index contributed by atoms with van der Waals surface area (Å²) in [6.07, 6.45) is 4.91. The molecule has 0 N–H and O–H groups in total. The molecular formula is C18H18N4O2. The summed E-state index contributed by atoms with van der Waals surface area (Å²) in [5.41, 5.74) is 3.53. The minimum atomic E-state index is -0.101. The van der Waals surface area contributed by atoms with Gasteiger partial charge in [0.05, 0.1) is 11.9 Å². The molecule has 0 bridgehead atoms. The Kier molecular flexibility index (Phi) is 4.12. The van der Waals surface area contributed by atoms with Gasteiger partial charge in [0.25, 0.3) is 5.91 Å². The monoisotopic (exact) mass is 322 g/mol. The molecule has 3 rings (SSSR count). The highest BCUT2D eigenvalue weighted by molar-refractivity contribution is 6.01. The van der Waals surface area contributed by atoms with Crippen LogP contribution in [-0.2, 0) is 0 Å². The smallest absolute Gasteiger partial charge is 0.254 e. The summed E-state index contributed by atoms with van der Waals surface area (Å²) in [6, 6.07) is 5.62. The number of aromatic nitrogens is 3. The summed E-state index contributed by atoms with van der Waals surface area (Å²) in [5.74, 6) is 1.16. The maximum Gasteiger partial charge on any atom is 0.254 e. The number of carbonyl (C=O) groups is 1. The molecule has 0 spiro atoms. The molecule has 1 aromatic carbocycles. The van der Waals surface area contributed by atoms with Gasteiger partial charge in [0, 0.05) is 50.1 Å². The van der Waals surface area contributed by atoms with Crippen molar-refractivity contribution in [2.75, 3.05) is 14.1 Å². The molecule has 0 aliphatic rings. The fourth-order valence-electron chi connectivity index (χ4n) is 2.55. The molecular weight excluding hydrogens is 304 g/mol. The first-order valence-electron chi connectivity index (χ1n) is 7.54. The van der Waals surface area contributed by atoms with E-state index < -0.39 is 0 Å². The molecule has 1 amide bonds. The van der Waals surface area contributed by atoms with Crippen LogP contribution in [0, 0.1) is 13.8 Å². The average Bonchev–Trinajstić information content (AvgIpc) is 2.92. The van der Waals surface area contributed by atoms with Gasteiger partial charge in [0.2, 0.25) is 0 Å². The third-order valence-corrected chi connectivity index (χ3v) is 3.67. The van der Waals surface area contributed by atoms with Crippen molar-refractivity contribution in [3.63, 3.8) is 0 Å². The number of nitrogens with zero attached hydrogens (tertiary/aromatic N) is 4. The van der Waals surface area contributed by atoms with E-state index in [0.29, 0.717) is 28.6 Å². The highest BCUT2D eigenvalue weighted by Crippen LogP contribution is 2.30. The van der Waals surface area contributed by atoms with E-state index in [2.05, 4.69) is 15.0 Å². The van der Waals surface area contributed by atoms with E-state index in [1.165, 1.54) is 0 Å². The van der Waals surface area contributed by atoms with Crippen LogP contribution >= 0.6 is 0 Å². The second-order valence-corrected chi connectivity index (χ2v) is 5.69. The lowest BCUT2D eigenvalue weighted by Gasteiger charge is -2.14. The Bertz CT molecular complexity index is 885. The standard InChI is InChI=1S/C18H18N4O2/c1-11-17(21-12(2)24-11)14-6-5-13(16-10-19-7-8-20-16)9-15(14)18(23)22(3)4/h5-10H,1-4H3. The van der Waals surface area contributed by atoms with Gasteiger partial charge in [-0.05, 0) is 13.0 Å². The quantitative estimate of drug-likeness (QED) is 0.741. The number of oxazole rings is 1. The van der Waals surface area contributed by atoms with Crippen molar-refractivity contribution in [1.82, 2.24) is 19.9 Å². The van der Waals surface area contributed by atoms with Gasteiger partial charge in [0.15, 0.2) is 5.89 Å². The summed E-state index contributed by atoms with van der Waals surface area (Å²) in [4.78, 5) is 27.0. The highest BCUT2D eigenvalue weighted by atomic mass is 16.4. The molecule has 0 saturated heterocycles. The first-order valence-corrected chi connectivity index (χ1v) is 7.54. The van der Waals surface area contributed by atoms with Crippen LogP contribution in [0.1, 0.15) is 22.0 Å². The maximum absolute atomic E-state index is 12.7. The third kappa shape index (κ3) is 2.90. The van der Waals surface area contributed by atoms with Gasteiger partial charge in [-0.2, -0.15) is 0 Å². The molecule has 3 aromatic rings. The van der Waals surface area contributed by atoms with Crippen molar-refractivity contribution >= 4 is 5.91 Å². The number of aryl methyl sites for hydroxylation is 2. The van der Waals surface area contributed by atoms with Crippen LogP contribution in [0.3, 0.4) is 0 Å². The van der Waals surface area contributed by atoms with E-state index in [1.54, 1.807) is 44.5 Å². The number of hydrogen-bond donors (Lipinski definition) is 0. The van der Waals surface area contributed by atoms with Crippen LogP contribution in [0.15, 0.2) is 41.2 Å². The maximum atomic E-state index is 12.7. The number of amides is 1. The van der Waals surface area contributed by atoms with Crippen LogP contribution < -0.4 is 0 Å². The number of hydrogen-bond acceptors (Lipinski definition) is 5. The van der Waals surface area contributed by atoms with Gasteiger partial charge in [-0.15, -0.1) is 0 Å². The van der Waals surface area contributed by atoms with E-state index in [0.717, 1.165) is 11.1 Å². The Morgan fingerprint density at radius 3 is 2.54 bits per heavy atom. The number of benzene rings is 1. The van der Waals surface area contributed by atoms with Crippen molar-refractivity contribution < 1.29 is 9.21 Å². The van der Waals surface area contributed by atoms with Crippen molar-refractivity contribution in [1.29, 1.82) is 0 Å². The van der Waals surface area contributed by atoms with Crippen LogP contribution in [0.5, 0.6) is 0 Å². The Morgan fingerprint density at radius 2 is 1.96 bits per heavy atom. The number of rotatable bonds is 3. The predicted octanol–water partition coefficient (Wildman–Crippen LogP) is 3.12. The van der Waals surface area contributed by atoms with Gasteiger partial charge in [-0.3, -0.25) is 14.8 Å². The van der Waals surface area contributed by atoms with Crippen molar-refractivity contribution in [3.05, 3.63) is 54.0 Å². The van der Waals surface area contributed by atoms with Gasteiger partial charge in [0.1, 0.15) is 11.5 Å². The summed E-state index contributed by atoms with van der Waals surface area (Å²) in [5, 5.41) is 0. The second kappa shape index (κ2) is 6.23. The summed E-state index contributed by atoms with van der Waals surface area (Å²) in [7, 11) is 3.45. The molecule has 6 heteroatoms. The van der Waals surface area contributed by atoms with E-state index in [1.807, 2.05) is 25.1 Å². The SMILES string of the molecule is Cc1nc(-c2ccc(-c3cnccn3)cc2C(=O)N(C)C)c(C)o1. The van der Waals surface area contributed by atoms with E-state index in [9.17, 15) is 4.79 Å². The molecule has 0 fully saturated rings. The van der Waals surface area contributed by atoms with Gasteiger partial charge in [-0.1, -0.05) is 12.1 Å². The molecule has 122 valence electrons. The molecule has 6 nitrogen and oxygen atoms in total. The zero-order chi connectivity index (χ0) is 17.3. The third-order valence-electron chi connectivity index (χ3n) is 3.67. The van der Waals surface area contributed by atoms with Crippen LogP contribution in [0.25, 0.3) is 22.5 Å². The van der Waals surface area contributed by atoms with Crippen molar-refractivity contribution in [2.24, 2.45) is 0 Å². The molecule has 0 saturated carbocycles. The molecule has 2 heterocycles. The Balaban J connectivity index is 2.19. The lowest BCUT2D eigenvalue weighted by atomic mass is 9.98. The Labute approximate surface area is 140 Å². The summed E-state index contributed by atoms with van der Waals surface area (Å²) >= 11 is 0. The molecule has 2 aromatic heterocycles. The first kappa shape index (κ1) is 15.9. The Hall–Kier alpha value is -3.02. The van der Waals surface area contributed by atoms with Gasteiger partial charge < -0.3 is 9.32 Å². The normalized spacial score (nSPS) is 10.7. The second-order valence-electron chi connectivity index (χ2n) is 5.69. The topological polar surface area (TPSA) is 72.1 Å². The van der Waals surface area contributed by atoms with Crippen molar-refractivity contribution in [3.8, 4) is 22.5 Å². The highest BCUT2D eigenvalue weighted by Gasteiger charge is 2.20. The molecule has 24 heavy (non-hydrogen) atoms. The van der Waals surface area contributed by atoms with E-state index in [4.69, 9.17) is 4.42 Å². The molecule has 0 atom stereocenters. The van der Waals surface area contributed by atoms with Crippen LogP contribution in [0.4, 0.5) is 0 Å². The fourth-order valence-corrected chi connectivity index (χ4v) is 2.55. The van der Waals surface area contributed by atoms with Gasteiger partial charge >= 0.3 is 0 Å². The van der Waals surface area contributed by atoms with E-state index in [-0.39, 0.29) is 5.91 Å². The Morgan fingerprint density at radius 1 is 1.17 bits per heavy atom. The lowest BCUT2D eigenvalue weighted by molar-refractivity contribution is 0.0828. The summed E-state index contributed by atoms with van der Waals surface area (Å²) < 4.78 is 5.52. The molecule has 0 aliphatic heterocycles. The summed E-state index contributed by atoms with van der Waals surface area (Å²) in [6.45, 7) is 3.63. The zero-order valence-corrected chi connectivity index (χ0v) is 14.1. The van der Waals surface area contributed by atoms with Crippen LogP contribution in [-0.4, -0.2) is 39.9 Å². The zero-order valence-electron chi connectivity index (χ0n) is 14.1. The molecule has 0 aliphatic carbocycles. The minimum Gasteiger partial charge on any atom is -0.446 e. The van der Waals surface area contributed by atoms with Crippen LogP contribution in [0.2, 0.25) is 0 Å². The fraction of sp³-hybridized carbons (Fsp3) is 0.222. The first-order chi connectivity index (χ1) is 11.5. The largest absolute Gasteiger partial charge is 0.446 e. The minimum absolute atomic E-state index is 0.101. The van der Waals surface area contributed by atoms with Crippen molar-refractivity contribution in [2.45, 2.75) is 13.8 Å². The predicted molar refractivity (Wildman–Crippen MR) is 90.5 cm³/mol. The van der Waals surface area contributed by atoms with E-state index >= 15 is 0 Å². The van der Waals surface area contributed by atoms with Gasteiger partial charge in [-0.25, -0.2) is 4.98 Å². The lowest BCUT2D eigenvalue weighted by Crippen LogP contribution is -2.22. The number of carbonyl (C=O) groups excluding carboxylic acids is 1. The molecule has 0 radical (unpaired) electrons.